The first-order valence-electron chi connectivity index (χ1n) is 11.4. The van der Waals surface area contributed by atoms with Gasteiger partial charge in [-0.15, -0.1) is 11.8 Å². The van der Waals surface area contributed by atoms with Crippen LogP contribution < -0.4 is 9.77 Å². The van der Waals surface area contributed by atoms with Crippen LogP contribution in [0.1, 0.15) is 28.3 Å². The highest BCUT2D eigenvalue weighted by atomic mass is 32.2. The van der Waals surface area contributed by atoms with Crippen molar-refractivity contribution >= 4 is 40.6 Å². The summed E-state index contributed by atoms with van der Waals surface area (Å²) in [5.74, 6) is 0.0494. The molecule has 7 atom stereocenters. The molecule has 0 radical (unpaired) electrons. The van der Waals surface area contributed by atoms with Crippen LogP contribution in [0.15, 0.2) is 64.4 Å². The van der Waals surface area contributed by atoms with Crippen LogP contribution in [0.25, 0.3) is 0 Å². The normalized spacial score (nSPS) is 33.8. The van der Waals surface area contributed by atoms with Crippen LogP contribution in [0, 0.1) is 36.5 Å². The minimum atomic E-state index is -0.256. The van der Waals surface area contributed by atoms with Gasteiger partial charge >= 0.3 is 4.87 Å². The number of anilines is 1. The Labute approximate surface area is 199 Å². The van der Waals surface area contributed by atoms with Crippen LogP contribution in [-0.2, 0) is 9.59 Å². The Morgan fingerprint density at radius 3 is 2.36 bits per heavy atom. The zero-order valence-corrected chi connectivity index (χ0v) is 19.6. The summed E-state index contributed by atoms with van der Waals surface area (Å²) in [7, 11) is 0. The van der Waals surface area contributed by atoms with Crippen molar-refractivity contribution in [3.05, 3.63) is 80.3 Å². The standard InChI is InChI=1S/C26H22N2O3S2/c1-12-7-5-6-10-14(12)17-18-15-11-16(21(18)32-23-22(17)33-26(31)27-23)20-19(15)24(29)28(25(20)30)13-8-3-2-4-9-13/h2-10,15-21H,11H2,1H3,(H,27,31)/t15-,16+,17-,18+,19+,20+,21-/m1/s1. The van der Waals surface area contributed by atoms with Gasteiger partial charge in [0.05, 0.1) is 22.5 Å². The van der Waals surface area contributed by atoms with Crippen molar-refractivity contribution in [2.45, 2.75) is 29.5 Å². The maximum absolute atomic E-state index is 13.7. The molecule has 3 heterocycles. The zero-order valence-electron chi connectivity index (χ0n) is 17.9. The Morgan fingerprint density at radius 1 is 0.909 bits per heavy atom. The number of aromatic amines is 1. The minimum absolute atomic E-state index is 0.0268. The maximum Gasteiger partial charge on any atom is 0.305 e. The summed E-state index contributed by atoms with van der Waals surface area (Å²) in [6.45, 7) is 2.12. The Morgan fingerprint density at radius 2 is 1.61 bits per heavy atom. The van der Waals surface area contributed by atoms with Gasteiger partial charge in [0.1, 0.15) is 0 Å². The van der Waals surface area contributed by atoms with Crippen LogP contribution >= 0.6 is 23.1 Å². The van der Waals surface area contributed by atoms with Gasteiger partial charge in [-0.25, -0.2) is 0 Å². The largest absolute Gasteiger partial charge is 0.307 e. The van der Waals surface area contributed by atoms with Crippen LogP contribution in [0.2, 0.25) is 0 Å². The van der Waals surface area contributed by atoms with Gasteiger partial charge in [0.15, 0.2) is 0 Å². The van der Waals surface area contributed by atoms with Crippen molar-refractivity contribution in [2.24, 2.45) is 29.6 Å². The van der Waals surface area contributed by atoms with Crippen molar-refractivity contribution in [2.75, 3.05) is 4.90 Å². The van der Waals surface area contributed by atoms with Gasteiger partial charge in [-0.3, -0.25) is 19.3 Å². The number of thiazole rings is 1. The average Bonchev–Trinajstić information content (AvgIpc) is 3.54. The lowest BCUT2D eigenvalue weighted by Crippen LogP contribution is -2.42. The number of hydrogen-bond acceptors (Lipinski definition) is 5. The number of aromatic nitrogens is 1. The van der Waals surface area contributed by atoms with E-state index < -0.39 is 0 Å². The van der Waals surface area contributed by atoms with Crippen molar-refractivity contribution < 1.29 is 9.59 Å². The molecule has 1 aromatic heterocycles. The number of nitrogens with one attached hydrogen (secondary N) is 1. The molecule has 7 heteroatoms. The molecule has 2 amide bonds. The third kappa shape index (κ3) is 2.58. The molecule has 4 aliphatic rings. The molecule has 3 aromatic rings. The molecule has 7 rings (SSSR count). The van der Waals surface area contributed by atoms with Crippen molar-refractivity contribution in [1.29, 1.82) is 0 Å². The number of hydrogen-bond donors (Lipinski definition) is 1. The van der Waals surface area contributed by atoms with E-state index in [1.54, 1.807) is 11.8 Å². The van der Waals surface area contributed by atoms with Gasteiger partial charge in [0.2, 0.25) is 11.8 Å². The van der Waals surface area contributed by atoms with Gasteiger partial charge in [-0.2, -0.15) is 0 Å². The fraction of sp³-hybridized carbons (Fsp3) is 0.346. The SMILES string of the molecule is Cc1ccccc1[C@H]1c2sc(=O)[nH]c2S[C@@H]2[C@H]3C[C@@H]([C@@H]4C(=O)N(c5ccccc5)C(=O)[C@@H]34)[C@@H]12. The number of para-hydroxylation sites is 1. The number of thioether (sulfide) groups is 1. The molecule has 3 fully saturated rings. The molecule has 166 valence electrons. The number of benzene rings is 2. The summed E-state index contributed by atoms with van der Waals surface area (Å²) < 4.78 is 0. The Bertz CT molecular complexity index is 1360. The number of carbonyl (C=O) groups is 2. The summed E-state index contributed by atoms with van der Waals surface area (Å²) in [5.41, 5.74) is 3.12. The van der Waals surface area contributed by atoms with Gasteiger partial charge < -0.3 is 4.98 Å². The highest BCUT2D eigenvalue weighted by Gasteiger charge is 2.69. The molecule has 5 nitrogen and oxygen atoms in total. The minimum Gasteiger partial charge on any atom is -0.307 e. The fourth-order valence-electron chi connectivity index (χ4n) is 7.13. The second kappa shape index (κ2) is 6.93. The molecule has 0 spiro atoms. The average molecular weight is 475 g/mol. The van der Waals surface area contributed by atoms with E-state index in [-0.39, 0.29) is 57.4 Å². The molecule has 33 heavy (non-hydrogen) atoms. The number of amides is 2. The van der Waals surface area contributed by atoms with E-state index in [4.69, 9.17) is 0 Å². The van der Waals surface area contributed by atoms with Crippen LogP contribution in [-0.4, -0.2) is 22.0 Å². The topological polar surface area (TPSA) is 70.2 Å². The highest BCUT2D eigenvalue weighted by molar-refractivity contribution is 8.00. The van der Waals surface area contributed by atoms with E-state index in [2.05, 4.69) is 30.1 Å². The summed E-state index contributed by atoms with van der Waals surface area (Å²) in [5, 5.41) is 1.19. The summed E-state index contributed by atoms with van der Waals surface area (Å²) in [6.07, 6.45) is 0.916. The van der Waals surface area contributed by atoms with Gasteiger partial charge in [0.25, 0.3) is 0 Å². The van der Waals surface area contributed by atoms with Crippen LogP contribution in [0.4, 0.5) is 5.69 Å². The lowest BCUT2D eigenvalue weighted by atomic mass is 9.67. The number of aryl methyl sites for hydroxylation is 1. The van der Waals surface area contributed by atoms with Gasteiger partial charge in [0, 0.05) is 16.0 Å². The number of fused-ring (bicyclic) bond motifs is 9. The Kier molecular flexibility index (Phi) is 4.16. The molecule has 2 aliphatic carbocycles. The molecular weight excluding hydrogens is 452 g/mol. The third-order valence-corrected chi connectivity index (χ3v) is 10.9. The van der Waals surface area contributed by atoms with Crippen LogP contribution in [0.5, 0.6) is 0 Å². The predicted octanol–water partition coefficient (Wildman–Crippen LogP) is 4.42. The second-order valence-electron chi connectivity index (χ2n) is 9.66. The van der Waals surface area contributed by atoms with Crippen molar-refractivity contribution in [1.82, 2.24) is 4.98 Å². The zero-order chi connectivity index (χ0) is 22.4. The van der Waals surface area contributed by atoms with E-state index in [1.807, 2.05) is 36.4 Å². The first-order valence-corrected chi connectivity index (χ1v) is 13.1. The Hall–Kier alpha value is -2.64. The molecule has 2 aromatic carbocycles. The van der Waals surface area contributed by atoms with E-state index >= 15 is 0 Å². The maximum atomic E-state index is 13.7. The first-order chi connectivity index (χ1) is 16.0. The molecule has 1 N–H and O–H groups in total. The number of H-pyrrole nitrogens is 1. The molecular formula is C26H22N2O3S2. The predicted molar refractivity (Wildman–Crippen MR) is 129 cm³/mol. The molecule has 2 aliphatic heterocycles. The number of carbonyl (C=O) groups excluding carboxylic acids is 2. The Balaban J connectivity index is 1.36. The lowest BCUT2D eigenvalue weighted by molar-refractivity contribution is -0.123. The smallest absolute Gasteiger partial charge is 0.305 e. The molecule has 1 saturated heterocycles. The first kappa shape index (κ1) is 19.8. The summed E-state index contributed by atoms with van der Waals surface area (Å²) in [4.78, 5) is 45.2. The lowest BCUT2D eigenvalue weighted by Gasteiger charge is -2.43. The van der Waals surface area contributed by atoms with E-state index in [0.717, 1.165) is 16.3 Å². The van der Waals surface area contributed by atoms with Crippen molar-refractivity contribution in [3.8, 4) is 0 Å². The fourth-order valence-corrected chi connectivity index (χ4v) is 10.0. The molecule has 0 unspecified atom stereocenters. The monoisotopic (exact) mass is 474 g/mol. The van der Waals surface area contributed by atoms with Gasteiger partial charge in [-0.1, -0.05) is 53.8 Å². The second-order valence-corrected chi connectivity index (χ2v) is 11.9. The van der Waals surface area contributed by atoms with E-state index in [9.17, 15) is 14.4 Å². The highest BCUT2D eigenvalue weighted by Crippen LogP contribution is 2.68. The van der Waals surface area contributed by atoms with E-state index in [0.29, 0.717) is 5.69 Å². The molecule has 2 bridgehead atoms. The summed E-state index contributed by atoms with van der Waals surface area (Å²) in [6, 6.07) is 17.7. The van der Waals surface area contributed by atoms with Gasteiger partial charge in [-0.05, 0) is 54.4 Å². The third-order valence-electron chi connectivity index (χ3n) is 8.26. The summed E-state index contributed by atoms with van der Waals surface area (Å²) >= 11 is 3.05. The number of nitrogens with zero attached hydrogens (tertiary/aromatic N) is 1. The van der Waals surface area contributed by atoms with Crippen molar-refractivity contribution in [3.63, 3.8) is 0 Å². The van der Waals surface area contributed by atoms with E-state index in [1.165, 1.54) is 27.4 Å². The molecule has 2 saturated carbocycles. The number of rotatable bonds is 2. The number of imide groups is 1. The van der Waals surface area contributed by atoms with Crippen LogP contribution in [0.3, 0.4) is 0 Å². The quantitative estimate of drug-likeness (QED) is 0.558.